The lowest BCUT2D eigenvalue weighted by atomic mass is 9.84. The van der Waals surface area contributed by atoms with Crippen molar-refractivity contribution in [1.29, 1.82) is 0 Å². The molecule has 0 bridgehead atoms. The third-order valence-corrected chi connectivity index (χ3v) is 4.33. The molecule has 0 amide bonds. The van der Waals surface area contributed by atoms with Gasteiger partial charge in [-0.25, -0.2) is 0 Å². The summed E-state index contributed by atoms with van der Waals surface area (Å²) in [7, 11) is 0. The molecule has 0 aliphatic heterocycles. The molecule has 1 aromatic rings. The summed E-state index contributed by atoms with van der Waals surface area (Å²) in [6.07, 6.45) is 2.42. The van der Waals surface area contributed by atoms with Crippen LogP contribution in [-0.2, 0) is 5.41 Å². The third-order valence-electron chi connectivity index (χ3n) is 4.33. The Labute approximate surface area is 105 Å². The number of nitrogens with two attached hydrogens (primary N) is 1. The molecule has 3 atom stereocenters. The SMILES string of the molecule is CC1C(N)CCC1c1ccc(C(C)(C)C)cc1. The predicted molar refractivity (Wildman–Crippen MR) is 74.3 cm³/mol. The van der Waals surface area contributed by atoms with Gasteiger partial charge in [0, 0.05) is 6.04 Å². The first-order chi connectivity index (χ1) is 7.89. The van der Waals surface area contributed by atoms with Crippen molar-refractivity contribution in [1.82, 2.24) is 0 Å². The second-order valence-corrected chi connectivity index (χ2v) is 6.58. The molecule has 1 fully saturated rings. The van der Waals surface area contributed by atoms with Gasteiger partial charge in [-0.05, 0) is 41.2 Å². The van der Waals surface area contributed by atoms with Crippen LogP contribution in [0.3, 0.4) is 0 Å². The fourth-order valence-corrected chi connectivity index (χ4v) is 2.90. The van der Waals surface area contributed by atoms with E-state index < -0.39 is 0 Å². The van der Waals surface area contributed by atoms with E-state index in [2.05, 4.69) is 52.0 Å². The average Bonchev–Trinajstić information content (AvgIpc) is 2.59. The van der Waals surface area contributed by atoms with E-state index in [-0.39, 0.29) is 5.41 Å². The maximum Gasteiger partial charge on any atom is 0.00705 e. The zero-order valence-electron chi connectivity index (χ0n) is 11.5. The van der Waals surface area contributed by atoms with E-state index in [0.29, 0.717) is 17.9 Å². The van der Waals surface area contributed by atoms with Crippen molar-refractivity contribution in [3.05, 3.63) is 35.4 Å². The molecule has 0 saturated heterocycles. The molecule has 2 N–H and O–H groups in total. The Morgan fingerprint density at radius 2 is 1.65 bits per heavy atom. The highest BCUT2D eigenvalue weighted by Crippen LogP contribution is 2.39. The van der Waals surface area contributed by atoms with E-state index >= 15 is 0 Å². The summed E-state index contributed by atoms with van der Waals surface area (Å²) in [5.74, 6) is 1.29. The Kier molecular flexibility index (Phi) is 3.31. The molecule has 1 nitrogen and oxygen atoms in total. The lowest BCUT2D eigenvalue weighted by Gasteiger charge is -2.22. The normalized spacial score (nSPS) is 29.6. The van der Waals surface area contributed by atoms with Crippen molar-refractivity contribution in [3.63, 3.8) is 0 Å². The second kappa shape index (κ2) is 4.45. The van der Waals surface area contributed by atoms with E-state index in [1.54, 1.807) is 0 Å². The smallest absolute Gasteiger partial charge is 0.00705 e. The summed E-state index contributed by atoms with van der Waals surface area (Å²) in [6, 6.07) is 9.57. The largest absolute Gasteiger partial charge is 0.327 e. The van der Waals surface area contributed by atoms with Gasteiger partial charge in [0.05, 0.1) is 0 Å². The van der Waals surface area contributed by atoms with Crippen molar-refractivity contribution >= 4 is 0 Å². The van der Waals surface area contributed by atoms with Gasteiger partial charge in [0.2, 0.25) is 0 Å². The van der Waals surface area contributed by atoms with Crippen LogP contribution >= 0.6 is 0 Å². The van der Waals surface area contributed by atoms with Crippen molar-refractivity contribution < 1.29 is 0 Å². The van der Waals surface area contributed by atoms with Gasteiger partial charge >= 0.3 is 0 Å². The van der Waals surface area contributed by atoms with E-state index in [1.165, 1.54) is 24.0 Å². The van der Waals surface area contributed by atoms with E-state index in [4.69, 9.17) is 5.73 Å². The van der Waals surface area contributed by atoms with Crippen LogP contribution in [0.4, 0.5) is 0 Å². The molecule has 1 aliphatic carbocycles. The molecule has 0 heterocycles. The van der Waals surface area contributed by atoms with Crippen LogP contribution in [0.2, 0.25) is 0 Å². The van der Waals surface area contributed by atoms with Gasteiger partial charge in [0.25, 0.3) is 0 Å². The van der Waals surface area contributed by atoms with Crippen molar-refractivity contribution in [2.45, 2.75) is 57.9 Å². The molecule has 1 saturated carbocycles. The maximum absolute atomic E-state index is 6.11. The Morgan fingerprint density at radius 3 is 2.06 bits per heavy atom. The Balaban J connectivity index is 2.19. The molecule has 1 heteroatoms. The zero-order valence-corrected chi connectivity index (χ0v) is 11.5. The summed E-state index contributed by atoms with van der Waals surface area (Å²) in [5.41, 5.74) is 9.24. The molecular weight excluding hydrogens is 206 g/mol. The summed E-state index contributed by atoms with van der Waals surface area (Å²) in [5, 5.41) is 0. The highest BCUT2D eigenvalue weighted by molar-refractivity contribution is 5.30. The monoisotopic (exact) mass is 231 g/mol. The van der Waals surface area contributed by atoms with Gasteiger partial charge in [0.1, 0.15) is 0 Å². The quantitative estimate of drug-likeness (QED) is 0.781. The van der Waals surface area contributed by atoms with Crippen LogP contribution in [-0.4, -0.2) is 6.04 Å². The van der Waals surface area contributed by atoms with Gasteiger partial charge < -0.3 is 5.73 Å². The first-order valence-electron chi connectivity index (χ1n) is 6.75. The zero-order chi connectivity index (χ0) is 12.6. The second-order valence-electron chi connectivity index (χ2n) is 6.58. The summed E-state index contributed by atoms with van der Waals surface area (Å²) < 4.78 is 0. The molecule has 0 spiro atoms. The molecule has 94 valence electrons. The molecule has 0 radical (unpaired) electrons. The van der Waals surface area contributed by atoms with Crippen LogP contribution in [0.1, 0.15) is 57.6 Å². The van der Waals surface area contributed by atoms with Crippen LogP contribution in [0.25, 0.3) is 0 Å². The van der Waals surface area contributed by atoms with Gasteiger partial charge in [-0.1, -0.05) is 52.0 Å². The molecule has 3 unspecified atom stereocenters. The average molecular weight is 231 g/mol. The van der Waals surface area contributed by atoms with Crippen molar-refractivity contribution in [2.24, 2.45) is 11.7 Å². The fraction of sp³-hybridized carbons (Fsp3) is 0.625. The van der Waals surface area contributed by atoms with Crippen molar-refractivity contribution in [2.75, 3.05) is 0 Å². The summed E-state index contributed by atoms with van der Waals surface area (Å²) in [6.45, 7) is 9.07. The highest BCUT2D eigenvalue weighted by atomic mass is 14.7. The van der Waals surface area contributed by atoms with E-state index in [0.717, 1.165) is 0 Å². The highest BCUT2D eigenvalue weighted by Gasteiger charge is 2.31. The Bertz CT molecular complexity index is 372. The topological polar surface area (TPSA) is 26.0 Å². The minimum Gasteiger partial charge on any atom is -0.327 e. The first kappa shape index (κ1) is 12.6. The van der Waals surface area contributed by atoms with E-state index in [1.807, 2.05) is 0 Å². The first-order valence-corrected chi connectivity index (χ1v) is 6.75. The minimum atomic E-state index is 0.246. The summed E-state index contributed by atoms with van der Waals surface area (Å²) >= 11 is 0. The van der Waals surface area contributed by atoms with Crippen LogP contribution in [0.15, 0.2) is 24.3 Å². The molecule has 17 heavy (non-hydrogen) atoms. The van der Waals surface area contributed by atoms with E-state index in [9.17, 15) is 0 Å². The molecule has 2 rings (SSSR count). The lowest BCUT2D eigenvalue weighted by molar-refractivity contribution is 0.479. The van der Waals surface area contributed by atoms with Gasteiger partial charge in [-0.3, -0.25) is 0 Å². The van der Waals surface area contributed by atoms with Gasteiger partial charge in [0.15, 0.2) is 0 Å². The molecular formula is C16H25N. The third kappa shape index (κ3) is 2.55. The Morgan fingerprint density at radius 1 is 1.06 bits per heavy atom. The summed E-state index contributed by atoms with van der Waals surface area (Å²) in [4.78, 5) is 0. The fourth-order valence-electron chi connectivity index (χ4n) is 2.90. The molecule has 1 aromatic carbocycles. The Hall–Kier alpha value is -0.820. The molecule has 1 aliphatic rings. The standard InChI is InChI=1S/C16H25N/c1-11-14(9-10-15(11)17)12-5-7-13(8-6-12)16(2,3)4/h5-8,11,14-15H,9-10,17H2,1-4H3. The lowest BCUT2D eigenvalue weighted by Crippen LogP contribution is -2.24. The number of benzene rings is 1. The van der Waals surface area contributed by atoms with Crippen molar-refractivity contribution in [3.8, 4) is 0 Å². The maximum atomic E-state index is 6.11. The van der Waals surface area contributed by atoms with Crippen LogP contribution in [0, 0.1) is 5.92 Å². The molecule has 0 aromatic heterocycles. The number of hydrogen-bond acceptors (Lipinski definition) is 1. The van der Waals surface area contributed by atoms with Crippen LogP contribution in [0.5, 0.6) is 0 Å². The number of hydrogen-bond donors (Lipinski definition) is 1. The minimum absolute atomic E-state index is 0.246. The predicted octanol–water partition coefficient (Wildman–Crippen LogP) is 3.82. The van der Waals surface area contributed by atoms with Crippen LogP contribution < -0.4 is 5.73 Å². The van der Waals surface area contributed by atoms with Gasteiger partial charge in [-0.2, -0.15) is 0 Å². The number of rotatable bonds is 1. The van der Waals surface area contributed by atoms with Gasteiger partial charge in [-0.15, -0.1) is 0 Å².